The van der Waals surface area contributed by atoms with Gasteiger partial charge >= 0.3 is 0 Å². The monoisotopic (exact) mass is 282 g/mol. The largest absolute Gasteiger partial charge is 0.308 e. The third-order valence-electron chi connectivity index (χ3n) is 4.42. The van der Waals surface area contributed by atoms with Crippen LogP contribution in [-0.2, 0) is 4.79 Å². The summed E-state index contributed by atoms with van der Waals surface area (Å²) in [5, 5.41) is 2.97. The minimum atomic E-state index is -0.0597. The summed E-state index contributed by atoms with van der Waals surface area (Å²) in [5.41, 5.74) is 4.02. The van der Waals surface area contributed by atoms with Crippen molar-refractivity contribution in [2.75, 3.05) is 0 Å². The summed E-state index contributed by atoms with van der Waals surface area (Å²) in [4.78, 5) is 16.7. The topological polar surface area (TPSA) is 41.5 Å². The van der Waals surface area contributed by atoms with Crippen molar-refractivity contribution in [1.29, 1.82) is 0 Å². The van der Waals surface area contributed by atoms with E-state index in [0.29, 0.717) is 11.6 Å². The molecule has 1 aliphatic heterocycles. The van der Waals surface area contributed by atoms with E-state index in [1.807, 2.05) is 6.08 Å². The average Bonchev–Trinajstić information content (AvgIpc) is 2.84. The number of hydrogen-bond acceptors (Lipinski definition) is 2. The van der Waals surface area contributed by atoms with Gasteiger partial charge in [0.15, 0.2) is 0 Å². The summed E-state index contributed by atoms with van der Waals surface area (Å²) in [5.74, 6) is 1.26. The zero-order valence-electron chi connectivity index (χ0n) is 12.8. The van der Waals surface area contributed by atoms with Gasteiger partial charge in [0, 0.05) is 5.92 Å². The Balaban J connectivity index is 1.85. The Bertz CT molecular complexity index is 622. The first kappa shape index (κ1) is 14.1. The van der Waals surface area contributed by atoms with Crippen LogP contribution in [0.25, 0.3) is 6.08 Å². The number of amidine groups is 1. The number of nitrogens with one attached hydrogen (secondary N) is 1. The Morgan fingerprint density at radius 3 is 2.67 bits per heavy atom. The molecule has 0 radical (unpaired) electrons. The molecule has 21 heavy (non-hydrogen) atoms. The summed E-state index contributed by atoms with van der Waals surface area (Å²) in [6, 6.07) is 6.25. The van der Waals surface area contributed by atoms with Crippen LogP contribution in [0.2, 0.25) is 0 Å². The summed E-state index contributed by atoms with van der Waals surface area (Å²) in [7, 11) is 0. The van der Waals surface area contributed by atoms with Crippen LogP contribution >= 0.6 is 0 Å². The molecule has 1 fully saturated rings. The molecule has 0 spiro atoms. The van der Waals surface area contributed by atoms with Gasteiger partial charge in [-0.2, -0.15) is 0 Å². The third-order valence-corrected chi connectivity index (χ3v) is 4.42. The predicted molar refractivity (Wildman–Crippen MR) is 86.0 cm³/mol. The molecule has 0 unspecified atom stereocenters. The Morgan fingerprint density at radius 2 is 1.95 bits per heavy atom. The number of amides is 1. The SMILES string of the molecule is Cc1ccc(/C=C2\N=C(C3CCCCC3)NC2=O)c(C)c1. The molecular formula is C18H22N2O. The number of hydrogen-bond donors (Lipinski definition) is 1. The van der Waals surface area contributed by atoms with Crippen molar-refractivity contribution < 1.29 is 4.79 Å². The van der Waals surface area contributed by atoms with Crippen LogP contribution < -0.4 is 5.32 Å². The second-order valence-electron chi connectivity index (χ2n) is 6.18. The first-order valence-electron chi connectivity index (χ1n) is 7.82. The van der Waals surface area contributed by atoms with E-state index in [2.05, 4.69) is 42.4 Å². The molecule has 0 bridgehead atoms. The first-order chi connectivity index (χ1) is 10.1. The summed E-state index contributed by atoms with van der Waals surface area (Å²) in [6.45, 7) is 4.14. The van der Waals surface area contributed by atoms with E-state index in [9.17, 15) is 4.79 Å². The molecule has 2 aliphatic rings. The molecule has 3 nitrogen and oxygen atoms in total. The van der Waals surface area contributed by atoms with Crippen LogP contribution in [-0.4, -0.2) is 11.7 Å². The van der Waals surface area contributed by atoms with Gasteiger partial charge in [-0.1, -0.05) is 43.0 Å². The lowest BCUT2D eigenvalue weighted by Gasteiger charge is -2.20. The summed E-state index contributed by atoms with van der Waals surface area (Å²) >= 11 is 0. The molecule has 1 heterocycles. The zero-order valence-corrected chi connectivity index (χ0v) is 12.8. The molecule has 0 aromatic heterocycles. The number of nitrogens with zero attached hydrogens (tertiary/aromatic N) is 1. The lowest BCUT2D eigenvalue weighted by atomic mass is 9.88. The van der Waals surface area contributed by atoms with Gasteiger partial charge in [0.05, 0.1) is 0 Å². The van der Waals surface area contributed by atoms with Crippen LogP contribution in [0.15, 0.2) is 28.9 Å². The smallest absolute Gasteiger partial charge is 0.275 e. The number of benzene rings is 1. The Hall–Kier alpha value is -1.90. The van der Waals surface area contributed by atoms with Gasteiger partial charge < -0.3 is 5.32 Å². The number of aryl methyl sites for hydroxylation is 2. The molecule has 1 aromatic carbocycles. The molecule has 0 atom stereocenters. The predicted octanol–water partition coefficient (Wildman–Crippen LogP) is 3.75. The minimum Gasteiger partial charge on any atom is -0.308 e. The van der Waals surface area contributed by atoms with Gasteiger partial charge in [-0.25, -0.2) is 4.99 Å². The number of carbonyl (C=O) groups is 1. The summed E-state index contributed by atoms with van der Waals surface area (Å²) in [6.07, 6.45) is 8.00. The van der Waals surface area contributed by atoms with Gasteiger partial charge in [-0.3, -0.25) is 4.79 Å². The number of aliphatic imine (C=N–C) groups is 1. The molecule has 1 aromatic rings. The Labute approximate surface area is 126 Å². The first-order valence-corrected chi connectivity index (χ1v) is 7.82. The highest BCUT2D eigenvalue weighted by molar-refractivity contribution is 6.15. The fraction of sp³-hybridized carbons (Fsp3) is 0.444. The van der Waals surface area contributed by atoms with Gasteiger partial charge in [-0.15, -0.1) is 0 Å². The van der Waals surface area contributed by atoms with Crippen molar-refractivity contribution in [2.24, 2.45) is 10.9 Å². The highest BCUT2D eigenvalue weighted by Gasteiger charge is 2.27. The fourth-order valence-corrected chi connectivity index (χ4v) is 3.19. The van der Waals surface area contributed by atoms with Crippen molar-refractivity contribution in [1.82, 2.24) is 5.32 Å². The maximum Gasteiger partial charge on any atom is 0.275 e. The van der Waals surface area contributed by atoms with Gasteiger partial charge in [0.2, 0.25) is 0 Å². The average molecular weight is 282 g/mol. The van der Waals surface area contributed by atoms with E-state index in [1.165, 1.54) is 30.4 Å². The highest BCUT2D eigenvalue weighted by Crippen LogP contribution is 2.27. The molecule has 110 valence electrons. The minimum absolute atomic E-state index is 0.0597. The van der Waals surface area contributed by atoms with E-state index >= 15 is 0 Å². The van der Waals surface area contributed by atoms with Gasteiger partial charge in [0.25, 0.3) is 5.91 Å². The van der Waals surface area contributed by atoms with Crippen LogP contribution in [0.1, 0.15) is 48.8 Å². The maximum absolute atomic E-state index is 12.1. The van der Waals surface area contributed by atoms with Crippen molar-refractivity contribution in [3.63, 3.8) is 0 Å². The van der Waals surface area contributed by atoms with Crippen LogP contribution in [0, 0.1) is 19.8 Å². The van der Waals surface area contributed by atoms with Gasteiger partial charge in [-0.05, 0) is 43.9 Å². The molecule has 3 heteroatoms. The molecule has 0 saturated heterocycles. The second-order valence-corrected chi connectivity index (χ2v) is 6.18. The molecular weight excluding hydrogens is 260 g/mol. The molecule has 1 amide bonds. The van der Waals surface area contributed by atoms with E-state index in [0.717, 1.165) is 24.2 Å². The van der Waals surface area contributed by atoms with Crippen molar-refractivity contribution >= 4 is 17.8 Å². The van der Waals surface area contributed by atoms with Crippen molar-refractivity contribution in [3.8, 4) is 0 Å². The third kappa shape index (κ3) is 3.07. The normalized spacial score (nSPS) is 21.5. The van der Waals surface area contributed by atoms with E-state index in [1.54, 1.807) is 0 Å². The fourth-order valence-electron chi connectivity index (χ4n) is 3.19. The Morgan fingerprint density at radius 1 is 1.19 bits per heavy atom. The highest BCUT2D eigenvalue weighted by atomic mass is 16.2. The van der Waals surface area contributed by atoms with E-state index in [-0.39, 0.29) is 5.91 Å². The second kappa shape index (κ2) is 5.84. The molecule has 1 saturated carbocycles. The number of rotatable bonds is 2. The van der Waals surface area contributed by atoms with Gasteiger partial charge in [0.1, 0.15) is 11.5 Å². The van der Waals surface area contributed by atoms with Crippen LogP contribution in [0.5, 0.6) is 0 Å². The van der Waals surface area contributed by atoms with Crippen LogP contribution in [0.4, 0.5) is 0 Å². The summed E-state index contributed by atoms with van der Waals surface area (Å²) < 4.78 is 0. The zero-order chi connectivity index (χ0) is 14.8. The van der Waals surface area contributed by atoms with Crippen LogP contribution in [0.3, 0.4) is 0 Å². The van der Waals surface area contributed by atoms with Crippen molar-refractivity contribution in [3.05, 3.63) is 40.6 Å². The van der Waals surface area contributed by atoms with E-state index in [4.69, 9.17) is 0 Å². The molecule has 1 N–H and O–H groups in total. The quantitative estimate of drug-likeness (QED) is 0.825. The van der Waals surface area contributed by atoms with E-state index < -0.39 is 0 Å². The maximum atomic E-state index is 12.1. The standard InChI is InChI=1S/C18H22N2O/c1-12-8-9-15(13(2)10-12)11-16-18(21)20-17(19-16)14-6-4-3-5-7-14/h8-11,14H,3-7H2,1-2H3,(H,19,20,21)/b16-11-. The molecule has 3 rings (SSSR count). The molecule has 1 aliphatic carbocycles. The van der Waals surface area contributed by atoms with Crippen molar-refractivity contribution in [2.45, 2.75) is 46.0 Å². The Kier molecular flexibility index (Phi) is 3.91. The lowest BCUT2D eigenvalue weighted by Crippen LogP contribution is -2.31. The number of carbonyl (C=O) groups excluding carboxylic acids is 1. The lowest BCUT2D eigenvalue weighted by molar-refractivity contribution is -0.115.